The minimum atomic E-state index is -4.21. The van der Waals surface area contributed by atoms with Gasteiger partial charge in [-0.25, -0.2) is 18.3 Å². The molecule has 1 unspecified atom stereocenters. The molecule has 0 radical (unpaired) electrons. The molecule has 0 spiro atoms. The standard InChI is InChI=1S/C25H32F2N5O8P/c1-13(2)37-22(35)14(3)10-41(36,40-16-8-6-5-7-9-16)39-15(4)18-19(33)25(27,11-26)23(38-18)32-12-29-17-20(32)30-24(28)31-21(17)34/h5-9,12-15,18-19,23,33H,10-11H2,1-4H3,(H3,28,30,31,34)/t14-,15+,18-,19+,23-,25?,41+/m1/s1. The average molecular weight is 600 g/mol. The van der Waals surface area contributed by atoms with Gasteiger partial charge in [-0.15, -0.1) is 0 Å². The zero-order chi connectivity index (χ0) is 30.1. The number of aromatic nitrogens is 4. The number of hydrogen-bond acceptors (Lipinski definition) is 11. The van der Waals surface area contributed by atoms with Crippen molar-refractivity contribution in [3.63, 3.8) is 0 Å². The highest BCUT2D eigenvalue weighted by Gasteiger charge is 2.61. The van der Waals surface area contributed by atoms with Crippen molar-refractivity contribution in [3.8, 4) is 5.75 Å². The second-order valence-electron chi connectivity index (χ2n) is 10.1. The quantitative estimate of drug-likeness (QED) is 0.218. The summed E-state index contributed by atoms with van der Waals surface area (Å²) in [4.78, 5) is 34.7. The van der Waals surface area contributed by atoms with Gasteiger partial charge in [0.15, 0.2) is 17.4 Å². The van der Waals surface area contributed by atoms with Crippen LogP contribution in [0.4, 0.5) is 14.7 Å². The first-order valence-corrected chi connectivity index (χ1v) is 14.5. The summed E-state index contributed by atoms with van der Waals surface area (Å²) in [5.74, 6) is -1.70. The number of nitrogens with zero attached hydrogens (tertiary/aromatic N) is 3. The Bertz CT molecular complexity index is 1490. The van der Waals surface area contributed by atoms with E-state index in [2.05, 4.69) is 15.0 Å². The zero-order valence-corrected chi connectivity index (χ0v) is 23.7. The van der Waals surface area contributed by atoms with E-state index in [-0.39, 0.29) is 22.9 Å². The highest BCUT2D eigenvalue weighted by molar-refractivity contribution is 7.54. The van der Waals surface area contributed by atoms with Crippen molar-refractivity contribution in [2.75, 3.05) is 18.6 Å². The lowest BCUT2D eigenvalue weighted by molar-refractivity contribution is -0.151. The molecule has 2 aromatic heterocycles. The molecule has 16 heteroatoms. The van der Waals surface area contributed by atoms with Gasteiger partial charge in [-0.1, -0.05) is 25.1 Å². The molecule has 4 N–H and O–H groups in total. The third-order valence-corrected chi connectivity index (χ3v) is 8.57. The molecular formula is C25H32F2N5O8P. The van der Waals surface area contributed by atoms with Crippen LogP contribution >= 0.6 is 7.60 Å². The number of imidazole rings is 1. The third kappa shape index (κ3) is 6.27. The number of hydrogen-bond donors (Lipinski definition) is 3. The number of nitrogens with one attached hydrogen (secondary N) is 1. The van der Waals surface area contributed by atoms with E-state index in [1.807, 2.05) is 0 Å². The van der Waals surface area contributed by atoms with Gasteiger partial charge >= 0.3 is 13.6 Å². The third-order valence-electron chi connectivity index (χ3n) is 6.44. The predicted molar refractivity (Wildman–Crippen MR) is 143 cm³/mol. The first-order valence-electron chi connectivity index (χ1n) is 12.8. The van der Waals surface area contributed by atoms with E-state index in [1.54, 1.807) is 32.0 Å². The lowest BCUT2D eigenvalue weighted by Crippen LogP contribution is -2.47. The van der Waals surface area contributed by atoms with Crippen LogP contribution in [0.25, 0.3) is 11.2 Å². The molecule has 41 heavy (non-hydrogen) atoms. The van der Waals surface area contributed by atoms with E-state index in [4.69, 9.17) is 24.3 Å². The summed E-state index contributed by atoms with van der Waals surface area (Å²) in [6.07, 6.45) is -6.75. The maximum atomic E-state index is 16.1. The van der Waals surface area contributed by atoms with Gasteiger partial charge in [-0.3, -0.25) is 23.7 Å². The number of aliphatic hydroxyl groups is 1. The number of H-pyrrole nitrogens is 1. The average Bonchev–Trinajstić information content (AvgIpc) is 3.42. The molecule has 1 aliphatic rings. The second kappa shape index (κ2) is 11.8. The molecular weight excluding hydrogens is 567 g/mol. The van der Waals surface area contributed by atoms with Crippen molar-refractivity contribution in [2.45, 2.75) is 64.0 Å². The van der Waals surface area contributed by atoms with Gasteiger partial charge in [0.2, 0.25) is 11.6 Å². The van der Waals surface area contributed by atoms with Crippen molar-refractivity contribution in [1.82, 2.24) is 19.5 Å². The number of aliphatic hydroxyl groups excluding tert-OH is 1. The molecule has 3 aromatic rings. The van der Waals surface area contributed by atoms with Crippen molar-refractivity contribution >= 4 is 30.7 Å². The number of fused-ring (bicyclic) bond motifs is 1. The Hall–Kier alpha value is -3.39. The summed E-state index contributed by atoms with van der Waals surface area (Å²) < 4.78 is 67.7. The number of anilines is 1. The molecule has 0 bridgehead atoms. The summed E-state index contributed by atoms with van der Waals surface area (Å²) in [5.41, 5.74) is 1.43. The molecule has 0 amide bonds. The number of carbonyl (C=O) groups is 1. The summed E-state index contributed by atoms with van der Waals surface area (Å²) in [6, 6.07) is 8.02. The van der Waals surface area contributed by atoms with E-state index in [0.717, 1.165) is 10.9 Å². The molecule has 0 saturated carbocycles. The Morgan fingerprint density at radius 2 is 1.98 bits per heavy atom. The Labute approximate surface area is 233 Å². The van der Waals surface area contributed by atoms with Gasteiger partial charge in [0, 0.05) is 0 Å². The highest BCUT2D eigenvalue weighted by Crippen LogP contribution is 2.53. The number of aromatic amines is 1. The fourth-order valence-electron chi connectivity index (χ4n) is 4.49. The van der Waals surface area contributed by atoms with Crippen LogP contribution in [0.5, 0.6) is 5.75 Å². The minimum Gasteiger partial charge on any atom is -0.463 e. The lowest BCUT2D eigenvalue weighted by atomic mass is 9.95. The van der Waals surface area contributed by atoms with Crippen molar-refractivity contribution in [3.05, 3.63) is 47.0 Å². The number of nitrogen functional groups attached to an aromatic ring is 1. The number of alkyl halides is 2. The van der Waals surface area contributed by atoms with Gasteiger partial charge in [0.05, 0.1) is 30.6 Å². The summed E-state index contributed by atoms with van der Waals surface area (Å²) in [7, 11) is -4.21. The molecule has 7 atom stereocenters. The summed E-state index contributed by atoms with van der Waals surface area (Å²) in [5, 5.41) is 10.9. The van der Waals surface area contributed by atoms with Crippen LogP contribution in [0.2, 0.25) is 0 Å². The first kappa shape index (κ1) is 30.6. The van der Waals surface area contributed by atoms with E-state index < -0.39 is 74.2 Å². The van der Waals surface area contributed by atoms with Crippen LogP contribution in [-0.2, 0) is 23.4 Å². The van der Waals surface area contributed by atoms with Crippen molar-refractivity contribution < 1.29 is 41.8 Å². The number of benzene rings is 1. The number of esters is 1. The van der Waals surface area contributed by atoms with Crippen LogP contribution in [0.15, 0.2) is 41.5 Å². The number of ether oxygens (including phenoxy) is 2. The fourth-order valence-corrected chi connectivity index (χ4v) is 6.59. The highest BCUT2D eigenvalue weighted by atomic mass is 31.2. The van der Waals surface area contributed by atoms with Gasteiger partial charge in [0.25, 0.3) is 5.56 Å². The molecule has 0 aliphatic carbocycles. The van der Waals surface area contributed by atoms with Crippen molar-refractivity contribution in [2.24, 2.45) is 5.92 Å². The first-order chi connectivity index (χ1) is 19.3. The molecule has 1 aliphatic heterocycles. The summed E-state index contributed by atoms with van der Waals surface area (Å²) >= 11 is 0. The SMILES string of the molecule is CC(C)OC(=O)[C@H](C)C[P@@](=O)(Oc1ccccc1)O[C@@H](C)[C@H]1O[C@@H](n2cnc3c(=O)[nH]c(N)nc32)C(F)(CF)[C@H]1O. The number of para-hydroxylation sites is 1. The Kier molecular flexibility index (Phi) is 8.83. The predicted octanol–water partition coefficient (Wildman–Crippen LogP) is 2.90. The minimum absolute atomic E-state index is 0.167. The van der Waals surface area contributed by atoms with Crippen molar-refractivity contribution in [1.29, 1.82) is 0 Å². The van der Waals surface area contributed by atoms with Crippen LogP contribution in [-0.4, -0.2) is 73.5 Å². The molecule has 224 valence electrons. The number of carbonyl (C=O) groups excluding carboxylic acids is 1. The smallest absolute Gasteiger partial charge is 0.380 e. The Balaban J connectivity index is 1.63. The summed E-state index contributed by atoms with van der Waals surface area (Å²) in [6.45, 7) is 4.44. The topological polar surface area (TPSA) is 181 Å². The maximum absolute atomic E-state index is 16.1. The Morgan fingerprint density at radius 3 is 2.61 bits per heavy atom. The molecule has 13 nitrogen and oxygen atoms in total. The van der Waals surface area contributed by atoms with Gasteiger partial charge < -0.3 is 24.8 Å². The molecule has 1 saturated heterocycles. The second-order valence-corrected chi connectivity index (χ2v) is 12.1. The monoisotopic (exact) mass is 599 g/mol. The van der Waals surface area contributed by atoms with Gasteiger partial charge in [-0.05, 0) is 32.9 Å². The lowest BCUT2D eigenvalue weighted by Gasteiger charge is -2.29. The van der Waals surface area contributed by atoms with E-state index in [1.165, 1.54) is 26.0 Å². The molecule has 4 rings (SSSR count). The fraction of sp³-hybridized carbons (Fsp3) is 0.520. The normalized spacial score (nSPS) is 25.6. The number of nitrogens with two attached hydrogens (primary N) is 1. The maximum Gasteiger partial charge on any atom is 0.380 e. The molecule has 1 aromatic carbocycles. The van der Waals surface area contributed by atoms with Crippen LogP contribution < -0.4 is 15.8 Å². The van der Waals surface area contributed by atoms with Crippen LogP contribution in [0, 0.1) is 5.92 Å². The van der Waals surface area contributed by atoms with E-state index in [0.29, 0.717) is 0 Å². The van der Waals surface area contributed by atoms with E-state index in [9.17, 15) is 23.7 Å². The van der Waals surface area contributed by atoms with Gasteiger partial charge in [-0.2, -0.15) is 4.98 Å². The van der Waals surface area contributed by atoms with Crippen LogP contribution in [0.3, 0.4) is 0 Å². The van der Waals surface area contributed by atoms with Crippen LogP contribution in [0.1, 0.15) is 33.9 Å². The molecule has 3 heterocycles. The zero-order valence-electron chi connectivity index (χ0n) is 22.8. The molecule has 1 fully saturated rings. The largest absolute Gasteiger partial charge is 0.463 e. The number of halogens is 2. The van der Waals surface area contributed by atoms with Gasteiger partial charge in [0.1, 0.15) is 24.6 Å². The Morgan fingerprint density at radius 1 is 1.29 bits per heavy atom. The van der Waals surface area contributed by atoms with E-state index >= 15 is 4.39 Å². The number of rotatable bonds is 11.